The molecule has 0 bridgehead atoms. The molecule has 0 saturated heterocycles. The standard InChI is InChI=1S/C12H17N3O2/c1-8-3-4-9(7-8)13-11-6-5-10(14-15-11)12(16)17-2/h5-6,8-9H,3-4,7H2,1-2H3,(H,13,15). The fourth-order valence-electron chi connectivity index (χ4n) is 2.17. The average molecular weight is 235 g/mol. The number of aromatic nitrogens is 2. The summed E-state index contributed by atoms with van der Waals surface area (Å²) in [4.78, 5) is 11.2. The van der Waals surface area contributed by atoms with E-state index in [2.05, 4.69) is 27.2 Å². The van der Waals surface area contributed by atoms with Gasteiger partial charge in [-0.2, -0.15) is 0 Å². The van der Waals surface area contributed by atoms with Crippen LogP contribution in [0.15, 0.2) is 12.1 Å². The van der Waals surface area contributed by atoms with Crippen molar-refractivity contribution in [3.8, 4) is 0 Å². The van der Waals surface area contributed by atoms with E-state index in [9.17, 15) is 4.79 Å². The first-order chi connectivity index (χ1) is 8.19. The van der Waals surface area contributed by atoms with Crippen molar-refractivity contribution in [2.45, 2.75) is 32.2 Å². The number of carbonyl (C=O) groups excluding carboxylic acids is 1. The van der Waals surface area contributed by atoms with Crippen LogP contribution >= 0.6 is 0 Å². The third-order valence-electron chi connectivity index (χ3n) is 3.11. The van der Waals surface area contributed by atoms with Gasteiger partial charge >= 0.3 is 5.97 Å². The summed E-state index contributed by atoms with van der Waals surface area (Å²) < 4.78 is 4.56. The van der Waals surface area contributed by atoms with Crippen molar-refractivity contribution >= 4 is 11.8 Å². The lowest BCUT2D eigenvalue weighted by molar-refractivity contribution is 0.0593. The molecule has 0 radical (unpaired) electrons. The number of ether oxygens (including phenoxy) is 1. The van der Waals surface area contributed by atoms with Crippen LogP contribution in [0.1, 0.15) is 36.7 Å². The molecule has 2 unspecified atom stereocenters. The number of esters is 1. The summed E-state index contributed by atoms with van der Waals surface area (Å²) in [5.74, 6) is 1.03. The third kappa shape index (κ3) is 2.93. The highest BCUT2D eigenvalue weighted by Crippen LogP contribution is 2.26. The molecule has 0 aliphatic heterocycles. The summed E-state index contributed by atoms with van der Waals surface area (Å²) in [6, 6.07) is 3.87. The maximum absolute atomic E-state index is 11.2. The highest BCUT2D eigenvalue weighted by atomic mass is 16.5. The van der Waals surface area contributed by atoms with E-state index in [0.717, 1.165) is 11.7 Å². The largest absolute Gasteiger partial charge is 0.464 e. The first-order valence-electron chi connectivity index (χ1n) is 5.87. The number of hydrogen-bond donors (Lipinski definition) is 1. The Balaban J connectivity index is 1.96. The van der Waals surface area contributed by atoms with Gasteiger partial charge in [0, 0.05) is 6.04 Å². The minimum atomic E-state index is -0.460. The molecule has 1 heterocycles. The van der Waals surface area contributed by atoms with E-state index in [1.807, 2.05) is 0 Å². The molecule has 1 fully saturated rings. The van der Waals surface area contributed by atoms with Crippen LogP contribution in [-0.4, -0.2) is 29.3 Å². The van der Waals surface area contributed by atoms with Gasteiger partial charge in [-0.1, -0.05) is 6.92 Å². The van der Waals surface area contributed by atoms with E-state index in [4.69, 9.17) is 0 Å². The maximum Gasteiger partial charge on any atom is 0.358 e. The normalized spacial score (nSPS) is 23.4. The second-order valence-corrected chi connectivity index (χ2v) is 4.55. The van der Waals surface area contributed by atoms with Crippen LogP contribution in [0.5, 0.6) is 0 Å². The van der Waals surface area contributed by atoms with Crippen molar-refractivity contribution in [1.82, 2.24) is 10.2 Å². The Hall–Kier alpha value is -1.65. The van der Waals surface area contributed by atoms with Crippen molar-refractivity contribution in [3.63, 3.8) is 0 Å². The monoisotopic (exact) mass is 235 g/mol. The van der Waals surface area contributed by atoms with E-state index in [-0.39, 0.29) is 5.69 Å². The van der Waals surface area contributed by atoms with Crippen LogP contribution in [-0.2, 0) is 4.74 Å². The molecule has 0 aromatic carbocycles. The minimum Gasteiger partial charge on any atom is -0.464 e. The van der Waals surface area contributed by atoms with Gasteiger partial charge in [0.15, 0.2) is 5.69 Å². The fraction of sp³-hybridized carbons (Fsp3) is 0.583. The summed E-state index contributed by atoms with van der Waals surface area (Å²) >= 11 is 0. The Kier molecular flexibility index (Phi) is 3.56. The minimum absolute atomic E-state index is 0.234. The topological polar surface area (TPSA) is 64.1 Å². The molecule has 2 atom stereocenters. The Morgan fingerprint density at radius 2 is 2.24 bits per heavy atom. The second-order valence-electron chi connectivity index (χ2n) is 4.55. The first-order valence-corrected chi connectivity index (χ1v) is 5.87. The Morgan fingerprint density at radius 3 is 2.76 bits per heavy atom. The van der Waals surface area contributed by atoms with E-state index in [0.29, 0.717) is 6.04 Å². The van der Waals surface area contributed by atoms with Crippen molar-refractivity contribution in [3.05, 3.63) is 17.8 Å². The van der Waals surface area contributed by atoms with Crippen LogP contribution < -0.4 is 5.32 Å². The second kappa shape index (κ2) is 5.12. The van der Waals surface area contributed by atoms with Crippen molar-refractivity contribution in [2.24, 2.45) is 5.92 Å². The Labute approximate surface area is 101 Å². The average Bonchev–Trinajstić information content (AvgIpc) is 2.75. The quantitative estimate of drug-likeness (QED) is 0.810. The lowest BCUT2D eigenvalue weighted by Gasteiger charge is -2.12. The van der Waals surface area contributed by atoms with Gasteiger partial charge in [-0.25, -0.2) is 4.79 Å². The zero-order chi connectivity index (χ0) is 12.3. The molecule has 1 aliphatic carbocycles. The number of methoxy groups -OCH3 is 1. The Bertz CT molecular complexity index is 391. The van der Waals surface area contributed by atoms with Crippen LogP contribution in [0.2, 0.25) is 0 Å². The molecule has 5 heteroatoms. The summed E-state index contributed by atoms with van der Waals surface area (Å²) in [6.45, 7) is 2.26. The molecule has 0 spiro atoms. The maximum atomic E-state index is 11.2. The molecule has 17 heavy (non-hydrogen) atoms. The number of carbonyl (C=O) groups is 1. The van der Waals surface area contributed by atoms with Gasteiger partial charge in [-0.15, -0.1) is 10.2 Å². The van der Waals surface area contributed by atoms with Crippen molar-refractivity contribution in [1.29, 1.82) is 0 Å². The van der Waals surface area contributed by atoms with Gasteiger partial charge in [0.1, 0.15) is 5.82 Å². The number of hydrogen-bond acceptors (Lipinski definition) is 5. The molecule has 2 rings (SSSR count). The van der Waals surface area contributed by atoms with E-state index in [1.54, 1.807) is 12.1 Å². The van der Waals surface area contributed by atoms with Crippen LogP contribution in [0, 0.1) is 5.92 Å². The molecule has 1 aliphatic rings. The number of rotatable bonds is 3. The molecule has 1 aromatic heterocycles. The third-order valence-corrected chi connectivity index (χ3v) is 3.11. The fourth-order valence-corrected chi connectivity index (χ4v) is 2.17. The number of nitrogens with zero attached hydrogens (tertiary/aromatic N) is 2. The zero-order valence-corrected chi connectivity index (χ0v) is 10.1. The molecular weight excluding hydrogens is 218 g/mol. The van der Waals surface area contributed by atoms with Gasteiger partial charge in [-0.3, -0.25) is 0 Å². The number of anilines is 1. The molecule has 1 aromatic rings. The van der Waals surface area contributed by atoms with Crippen LogP contribution in [0.4, 0.5) is 5.82 Å². The highest BCUT2D eigenvalue weighted by molar-refractivity contribution is 5.86. The first kappa shape index (κ1) is 11.8. The van der Waals surface area contributed by atoms with Gasteiger partial charge in [0.05, 0.1) is 7.11 Å². The lowest BCUT2D eigenvalue weighted by atomic mass is 10.1. The van der Waals surface area contributed by atoms with E-state index >= 15 is 0 Å². The SMILES string of the molecule is COC(=O)c1ccc(NC2CCC(C)C2)nn1. The zero-order valence-electron chi connectivity index (χ0n) is 10.1. The molecular formula is C12H17N3O2. The smallest absolute Gasteiger partial charge is 0.358 e. The van der Waals surface area contributed by atoms with Gasteiger partial charge < -0.3 is 10.1 Å². The van der Waals surface area contributed by atoms with Gasteiger partial charge in [0.2, 0.25) is 0 Å². The van der Waals surface area contributed by atoms with E-state index < -0.39 is 5.97 Å². The summed E-state index contributed by atoms with van der Waals surface area (Å²) in [5.41, 5.74) is 0.234. The summed E-state index contributed by atoms with van der Waals surface area (Å²) in [5, 5.41) is 11.1. The Morgan fingerprint density at radius 1 is 1.41 bits per heavy atom. The highest BCUT2D eigenvalue weighted by Gasteiger charge is 2.21. The molecule has 0 amide bonds. The summed E-state index contributed by atoms with van der Waals surface area (Å²) in [7, 11) is 1.33. The predicted molar refractivity (Wildman–Crippen MR) is 63.8 cm³/mol. The van der Waals surface area contributed by atoms with Gasteiger partial charge in [0.25, 0.3) is 0 Å². The molecule has 5 nitrogen and oxygen atoms in total. The van der Waals surface area contributed by atoms with Gasteiger partial charge in [-0.05, 0) is 37.3 Å². The number of nitrogens with one attached hydrogen (secondary N) is 1. The molecule has 1 saturated carbocycles. The van der Waals surface area contributed by atoms with Crippen molar-refractivity contribution < 1.29 is 9.53 Å². The lowest BCUT2D eigenvalue weighted by Crippen LogP contribution is -2.17. The summed E-state index contributed by atoms with van der Waals surface area (Å²) in [6.07, 6.45) is 3.59. The molecule has 92 valence electrons. The van der Waals surface area contributed by atoms with Crippen molar-refractivity contribution in [2.75, 3.05) is 12.4 Å². The van der Waals surface area contributed by atoms with Crippen LogP contribution in [0.25, 0.3) is 0 Å². The van der Waals surface area contributed by atoms with Crippen LogP contribution in [0.3, 0.4) is 0 Å². The predicted octanol–water partition coefficient (Wildman–Crippen LogP) is 1.86. The van der Waals surface area contributed by atoms with E-state index in [1.165, 1.54) is 26.4 Å². The molecule has 1 N–H and O–H groups in total.